The van der Waals surface area contributed by atoms with Crippen LogP contribution in [0.5, 0.6) is 0 Å². The molecule has 0 bridgehead atoms. The van der Waals surface area contributed by atoms with Gasteiger partial charge in [0.25, 0.3) is 5.91 Å². The molecule has 1 aromatic heterocycles. The third kappa shape index (κ3) is 4.32. The second-order valence-corrected chi connectivity index (χ2v) is 7.48. The molecule has 0 spiro atoms. The first-order valence-electron chi connectivity index (χ1n) is 9.23. The molecular formula is C20H19ClFN7O. The summed E-state index contributed by atoms with van der Waals surface area (Å²) in [5.74, 6) is -1.10. The third-order valence-electron chi connectivity index (χ3n) is 4.75. The molecule has 2 aromatic carbocycles. The first-order valence-corrected chi connectivity index (χ1v) is 9.61. The number of halogens is 2. The predicted octanol–water partition coefficient (Wildman–Crippen LogP) is 3.24. The molecule has 8 nitrogen and oxygen atoms in total. The van der Waals surface area contributed by atoms with Gasteiger partial charge in [-0.15, -0.1) is 10.2 Å². The fourth-order valence-electron chi connectivity index (χ4n) is 3.27. The number of aromatic nitrogens is 3. The average Bonchev–Trinajstić information content (AvgIpc) is 2.69. The van der Waals surface area contributed by atoms with Gasteiger partial charge in [-0.2, -0.15) is 4.98 Å². The molecule has 0 aliphatic carbocycles. The molecule has 154 valence electrons. The molecule has 2 heterocycles. The van der Waals surface area contributed by atoms with Crippen LogP contribution in [0.1, 0.15) is 21.6 Å². The summed E-state index contributed by atoms with van der Waals surface area (Å²) in [5.41, 5.74) is 8.07. The summed E-state index contributed by atoms with van der Waals surface area (Å²) >= 11 is 6.00. The Kier molecular flexibility index (Phi) is 5.47. The van der Waals surface area contributed by atoms with E-state index in [1.54, 1.807) is 30.3 Å². The van der Waals surface area contributed by atoms with E-state index in [0.29, 0.717) is 10.7 Å². The second kappa shape index (κ2) is 8.21. The monoisotopic (exact) mass is 427 g/mol. The molecule has 4 rings (SSSR count). The largest absolute Gasteiger partial charge is 0.364 e. The number of amides is 1. The number of benzene rings is 2. The fraction of sp³-hybridized carbons (Fsp3) is 0.200. The van der Waals surface area contributed by atoms with Gasteiger partial charge in [0.1, 0.15) is 5.82 Å². The number of anilines is 4. The lowest BCUT2D eigenvalue weighted by molar-refractivity contribution is 0.0995. The van der Waals surface area contributed by atoms with Crippen LogP contribution in [-0.4, -0.2) is 39.6 Å². The van der Waals surface area contributed by atoms with Gasteiger partial charge < -0.3 is 21.3 Å². The van der Waals surface area contributed by atoms with Crippen LogP contribution in [0.4, 0.5) is 27.5 Å². The van der Waals surface area contributed by atoms with E-state index in [-0.39, 0.29) is 23.1 Å². The second-order valence-electron chi connectivity index (χ2n) is 7.05. The molecule has 0 fully saturated rings. The number of primary amides is 1. The maximum atomic E-state index is 14.6. The lowest BCUT2D eigenvalue weighted by Crippen LogP contribution is -2.26. The predicted molar refractivity (Wildman–Crippen MR) is 113 cm³/mol. The summed E-state index contributed by atoms with van der Waals surface area (Å²) in [5, 5.41) is 14.0. The average molecular weight is 428 g/mol. The smallest absolute Gasteiger partial charge is 0.273 e. The Morgan fingerprint density at radius 2 is 2.03 bits per heavy atom. The van der Waals surface area contributed by atoms with Gasteiger partial charge in [-0.1, -0.05) is 17.7 Å². The molecule has 0 radical (unpaired) electrons. The first-order chi connectivity index (χ1) is 14.4. The SMILES string of the molecule is CN1CCc2cc(F)c(Nc3nnc(C(N)=O)c(Nc4cccc(Cl)c4)n3)cc2C1. The van der Waals surface area contributed by atoms with Crippen molar-refractivity contribution < 1.29 is 9.18 Å². The van der Waals surface area contributed by atoms with Gasteiger partial charge in [0.05, 0.1) is 5.69 Å². The normalized spacial score (nSPS) is 13.6. The zero-order valence-corrected chi connectivity index (χ0v) is 16.9. The van der Waals surface area contributed by atoms with Crippen molar-refractivity contribution in [2.75, 3.05) is 24.2 Å². The van der Waals surface area contributed by atoms with Crippen molar-refractivity contribution in [2.45, 2.75) is 13.0 Å². The highest BCUT2D eigenvalue weighted by Gasteiger charge is 2.19. The zero-order chi connectivity index (χ0) is 21.3. The quantitative estimate of drug-likeness (QED) is 0.573. The van der Waals surface area contributed by atoms with Crippen molar-refractivity contribution in [3.63, 3.8) is 0 Å². The van der Waals surface area contributed by atoms with Crippen LogP contribution in [-0.2, 0) is 13.0 Å². The summed E-state index contributed by atoms with van der Waals surface area (Å²) in [6.45, 7) is 1.62. The van der Waals surface area contributed by atoms with Crippen LogP contribution in [0.15, 0.2) is 36.4 Å². The highest BCUT2D eigenvalue weighted by molar-refractivity contribution is 6.30. The maximum absolute atomic E-state index is 14.6. The molecule has 4 N–H and O–H groups in total. The Hall–Kier alpha value is -3.30. The first kappa shape index (κ1) is 20.0. The topological polar surface area (TPSA) is 109 Å². The Balaban J connectivity index is 1.65. The minimum absolute atomic E-state index is 0.0209. The van der Waals surface area contributed by atoms with E-state index in [1.807, 2.05) is 7.05 Å². The number of carbonyl (C=O) groups excluding carboxylic acids is 1. The lowest BCUT2D eigenvalue weighted by Gasteiger charge is -2.25. The van der Waals surface area contributed by atoms with Crippen molar-refractivity contribution in [3.8, 4) is 0 Å². The standard InChI is InChI=1S/C20H19ClFN7O/c1-29-6-5-11-7-15(22)16(8-12(11)10-29)25-20-26-19(17(18(23)30)27-28-20)24-14-4-2-3-13(21)9-14/h2-4,7-9H,5-6,10H2,1H3,(H2,23,30)(H2,24,25,26,28). The molecule has 1 aliphatic heterocycles. The number of fused-ring (bicyclic) bond motifs is 1. The maximum Gasteiger partial charge on any atom is 0.273 e. The Morgan fingerprint density at radius 1 is 1.20 bits per heavy atom. The van der Waals surface area contributed by atoms with Crippen molar-refractivity contribution in [2.24, 2.45) is 5.73 Å². The zero-order valence-electron chi connectivity index (χ0n) is 16.1. The molecule has 0 saturated heterocycles. The summed E-state index contributed by atoms with van der Waals surface area (Å²) in [6, 6.07) is 10.1. The fourth-order valence-corrected chi connectivity index (χ4v) is 3.46. The Bertz CT molecular complexity index is 1120. The van der Waals surface area contributed by atoms with Gasteiger partial charge in [0, 0.05) is 23.8 Å². The van der Waals surface area contributed by atoms with Crippen molar-refractivity contribution in [1.82, 2.24) is 20.1 Å². The van der Waals surface area contributed by atoms with E-state index in [0.717, 1.165) is 30.6 Å². The van der Waals surface area contributed by atoms with E-state index in [1.165, 1.54) is 6.07 Å². The third-order valence-corrected chi connectivity index (χ3v) is 4.98. The van der Waals surface area contributed by atoms with Crippen LogP contribution in [0, 0.1) is 5.82 Å². The van der Waals surface area contributed by atoms with Crippen molar-refractivity contribution in [1.29, 1.82) is 0 Å². The van der Waals surface area contributed by atoms with E-state index in [9.17, 15) is 9.18 Å². The van der Waals surface area contributed by atoms with Gasteiger partial charge in [0.2, 0.25) is 5.95 Å². The molecule has 3 aromatic rings. The van der Waals surface area contributed by atoms with Crippen LogP contribution in [0.2, 0.25) is 5.02 Å². The number of rotatable bonds is 5. The summed E-state index contributed by atoms with van der Waals surface area (Å²) in [4.78, 5) is 18.2. The molecule has 1 aliphatic rings. The number of carbonyl (C=O) groups is 1. The summed E-state index contributed by atoms with van der Waals surface area (Å²) in [7, 11) is 2.02. The minimum Gasteiger partial charge on any atom is -0.364 e. The molecule has 0 atom stereocenters. The van der Waals surface area contributed by atoms with Crippen molar-refractivity contribution >= 4 is 40.6 Å². The van der Waals surface area contributed by atoms with Gasteiger partial charge in [0.15, 0.2) is 11.5 Å². The number of hydrogen-bond acceptors (Lipinski definition) is 7. The molecule has 0 saturated carbocycles. The van der Waals surface area contributed by atoms with Crippen molar-refractivity contribution in [3.05, 3.63) is 64.1 Å². The molecule has 1 amide bonds. The van der Waals surface area contributed by atoms with Gasteiger partial charge >= 0.3 is 0 Å². The van der Waals surface area contributed by atoms with Crippen LogP contribution < -0.4 is 16.4 Å². The van der Waals surface area contributed by atoms with Crippen LogP contribution >= 0.6 is 11.6 Å². The van der Waals surface area contributed by atoms with Crippen LogP contribution in [0.3, 0.4) is 0 Å². The Labute approximate surface area is 177 Å². The van der Waals surface area contributed by atoms with Crippen LogP contribution in [0.25, 0.3) is 0 Å². The highest BCUT2D eigenvalue weighted by atomic mass is 35.5. The van der Waals surface area contributed by atoms with Gasteiger partial charge in [-0.3, -0.25) is 4.79 Å². The lowest BCUT2D eigenvalue weighted by atomic mass is 9.99. The molecule has 0 unspecified atom stereocenters. The number of likely N-dealkylation sites (N-methyl/N-ethyl adjacent to an activating group) is 1. The highest BCUT2D eigenvalue weighted by Crippen LogP contribution is 2.27. The van der Waals surface area contributed by atoms with E-state index >= 15 is 0 Å². The van der Waals surface area contributed by atoms with E-state index < -0.39 is 11.7 Å². The number of hydrogen-bond donors (Lipinski definition) is 3. The number of nitrogens with zero attached hydrogens (tertiary/aromatic N) is 4. The molecule has 10 heteroatoms. The molecule has 30 heavy (non-hydrogen) atoms. The van der Waals surface area contributed by atoms with E-state index in [2.05, 4.69) is 30.7 Å². The van der Waals surface area contributed by atoms with E-state index in [4.69, 9.17) is 17.3 Å². The Morgan fingerprint density at radius 3 is 2.80 bits per heavy atom. The summed E-state index contributed by atoms with van der Waals surface area (Å²) < 4.78 is 14.6. The van der Waals surface area contributed by atoms with Gasteiger partial charge in [-0.25, -0.2) is 4.39 Å². The van der Waals surface area contributed by atoms with Gasteiger partial charge in [-0.05, 0) is 54.9 Å². The minimum atomic E-state index is -0.797. The number of nitrogens with one attached hydrogen (secondary N) is 2. The molecular weight excluding hydrogens is 409 g/mol. The number of nitrogens with two attached hydrogens (primary N) is 1. The summed E-state index contributed by atoms with van der Waals surface area (Å²) in [6.07, 6.45) is 0.794.